The van der Waals surface area contributed by atoms with Crippen LogP contribution in [0.5, 0.6) is 0 Å². The van der Waals surface area contributed by atoms with E-state index in [9.17, 15) is 4.79 Å². The summed E-state index contributed by atoms with van der Waals surface area (Å²) in [5.41, 5.74) is 4.72. The predicted octanol–water partition coefficient (Wildman–Crippen LogP) is 4.45. The summed E-state index contributed by atoms with van der Waals surface area (Å²) in [7, 11) is 1.90. The van der Waals surface area contributed by atoms with Crippen molar-refractivity contribution in [1.29, 1.82) is 0 Å². The van der Waals surface area contributed by atoms with Crippen molar-refractivity contribution in [1.82, 2.24) is 19.7 Å². The number of amides is 1. The van der Waals surface area contributed by atoms with Crippen LogP contribution in [-0.2, 0) is 7.05 Å². The smallest absolute Gasteiger partial charge is 0.254 e. The molecule has 1 N–H and O–H groups in total. The van der Waals surface area contributed by atoms with Gasteiger partial charge in [-0.3, -0.25) is 9.48 Å². The van der Waals surface area contributed by atoms with Crippen molar-refractivity contribution in [2.45, 2.75) is 39.7 Å². The number of aryl methyl sites for hydroxylation is 3. The Kier molecular flexibility index (Phi) is 6.07. The molecule has 3 heterocycles. The predicted molar refractivity (Wildman–Crippen MR) is 124 cm³/mol. The molecule has 0 saturated carbocycles. The Hall–Kier alpha value is -3.15. The molecule has 4 rings (SSSR count). The van der Waals surface area contributed by atoms with Gasteiger partial charge in [0.15, 0.2) is 0 Å². The van der Waals surface area contributed by atoms with Crippen molar-refractivity contribution < 1.29 is 4.79 Å². The van der Waals surface area contributed by atoms with Crippen LogP contribution in [-0.4, -0.2) is 44.7 Å². The molecular weight excluding hydrogens is 386 g/mol. The molecule has 1 fully saturated rings. The third-order valence-electron chi connectivity index (χ3n) is 6.18. The zero-order chi connectivity index (χ0) is 22.0. The summed E-state index contributed by atoms with van der Waals surface area (Å²) in [5.74, 6) is 1.37. The molecule has 31 heavy (non-hydrogen) atoms. The summed E-state index contributed by atoms with van der Waals surface area (Å²) in [6.07, 6.45) is 5.94. The van der Waals surface area contributed by atoms with Gasteiger partial charge in [-0.25, -0.2) is 4.98 Å². The van der Waals surface area contributed by atoms with Gasteiger partial charge in [-0.2, -0.15) is 5.10 Å². The van der Waals surface area contributed by atoms with E-state index in [4.69, 9.17) is 0 Å². The summed E-state index contributed by atoms with van der Waals surface area (Å²) in [4.78, 5) is 20.4. The maximum atomic E-state index is 13.8. The molecule has 2 aromatic heterocycles. The number of rotatable bonds is 5. The lowest BCUT2D eigenvalue weighted by atomic mass is 9.89. The van der Waals surface area contributed by atoms with Crippen LogP contribution in [0, 0.1) is 19.8 Å². The van der Waals surface area contributed by atoms with Gasteiger partial charge in [-0.15, -0.1) is 0 Å². The highest BCUT2D eigenvalue weighted by Gasteiger charge is 2.33. The maximum absolute atomic E-state index is 13.8. The van der Waals surface area contributed by atoms with Gasteiger partial charge < -0.3 is 10.2 Å². The van der Waals surface area contributed by atoms with Gasteiger partial charge in [0.25, 0.3) is 5.91 Å². The number of carbonyl (C=O) groups is 1. The van der Waals surface area contributed by atoms with E-state index in [0.717, 1.165) is 53.2 Å². The zero-order valence-corrected chi connectivity index (χ0v) is 18.8. The Morgan fingerprint density at radius 2 is 2.06 bits per heavy atom. The lowest BCUT2D eigenvalue weighted by Crippen LogP contribution is -2.51. The second-order valence-electron chi connectivity index (χ2n) is 8.68. The van der Waals surface area contributed by atoms with Crippen molar-refractivity contribution in [2.75, 3.05) is 18.4 Å². The number of pyridine rings is 1. The first-order valence-electron chi connectivity index (χ1n) is 11.0. The average Bonchev–Trinajstić information content (AvgIpc) is 3.18. The summed E-state index contributed by atoms with van der Waals surface area (Å²) in [6, 6.07) is 12.2. The van der Waals surface area contributed by atoms with Crippen LogP contribution < -0.4 is 5.32 Å². The summed E-state index contributed by atoms with van der Waals surface area (Å²) in [5, 5.41) is 7.76. The van der Waals surface area contributed by atoms with Crippen LogP contribution in [0.15, 0.2) is 48.8 Å². The van der Waals surface area contributed by atoms with E-state index in [1.165, 1.54) is 0 Å². The largest absolute Gasteiger partial charge is 0.368 e. The molecule has 0 aliphatic carbocycles. The number of carbonyl (C=O) groups excluding carboxylic acids is 1. The molecule has 1 aromatic carbocycles. The number of hydrogen-bond acceptors (Lipinski definition) is 4. The van der Waals surface area contributed by atoms with Crippen LogP contribution in [0.4, 0.5) is 5.82 Å². The van der Waals surface area contributed by atoms with Crippen molar-refractivity contribution in [3.63, 3.8) is 0 Å². The number of piperidine rings is 1. The minimum absolute atomic E-state index is 0.0955. The Labute approximate surface area is 184 Å². The van der Waals surface area contributed by atoms with Crippen LogP contribution in [0.2, 0.25) is 0 Å². The third-order valence-corrected chi connectivity index (χ3v) is 6.18. The van der Waals surface area contributed by atoms with Crippen molar-refractivity contribution in [3.05, 3.63) is 65.6 Å². The number of benzene rings is 1. The lowest BCUT2D eigenvalue weighted by molar-refractivity contribution is 0.0540. The fraction of sp³-hybridized carbons (Fsp3) is 0.400. The summed E-state index contributed by atoms with van der Waals surface area (Å²) in [6.45, 7) is 7.73. The standard InChI is InChI=1S/C25H31N5O/c1-17-10-11-21(20-14-27-29(4)16-20)22(13-17)25(31)30-12-6-7-18(2)23(30)15-26-24-9-5-8-19(3)28-24/h5,8-11,13-14,16,18,23H,6-7,12,15H2,1-4H3,(H,26,28)/t18-,23?/m1/s1. The molecule has 6 nitrogen and oxygen atoms in total. The van der Waals surface area contributed by atoms with Gasteiger partial charge in [-0.1, -0.05) is 30.7 Å². The number of hydrogen-bond donors (Lipinski definition) is 1. The van der Waals surface area contributed by atoms with E-state index < -0.39 is 0 Å². The Bertz CT molecular complexity index is 1070. The SMILES string of the molecule is Cc1ccc(-c2cnn(C)c2)c(C(=O)N2CCC[C@@H](C)C2CNc2cccc(C)n2)c1. The average molecular weight is 418 g/mol. The quantitative estimate of drug-likeness (QED) is 0.666. The van der Waals surface area contributed by atoms with Gasteiger partial charge in [0, 0.05) is 43.2 Å². The van der Waals surface area contributed by atoms with Crippen molar-refractivity contribution in [2.24, 2.45) is 13.0 Å². The van der Waals surface area contributed by atoms with E-state index in [1.54, 1.807) is 4.68 Å². The molecule has 1 unspecified atom stereocenters. The number of anilines is 1. The number of nitrogens with zero attached hydrogens (tertiary/aromatic N) is 4. The second kappa shape index (κ2) is 8.92. The third kappa shape index (κ3) is 4.63. The van der Waals surface area contributed by atoms with Crippen LogP contribution in [0.25, 0.3) is 11.1 Å². The summed E-state index contributed by atoms with van der Waals surface area (Å²) < 4.78 is 1.77. The minimum atomic E-state index is 0.0955. The van der Waals surface area contributed by atoms with E-state index in [1.807, 2.05) is 63.6 Å². The van der Waals surface area contributed by atoms with E-state index in [0.29, 0.717) is 12.5 Å². The first-order chi connectivity index (χ1) is 14.9. The highest BCUT2D eigenvalue weighted by molar-refractivity contribution is 6.01. The first kappa shape index (κ1) is 21.1. The molecule has 162 valence electrons. The molecule has 1 saturated heterocycles. The molecular formula is C25H31N5O. The number of nitrogens with one attached hydrogen (secondary N) is 1. The Balaban J connectivity index is 1.62. The highest BCUT2D eigenvalue weighted by atomic mass is 16.2. The maximum Gasteiger partial charge on any atom is 0.254 e. The molecule has 0 bridgehead atoms. The Morgan fingerprint density at radius 1 is 1.23 bits per heavy atom. The van der Waals surface area contributed by atoms with Gasteiger partial charge in [0.05, 0.1) is 12.2 Å². The van der Waals surface area contributed by atoms with Gasteiger partial charge >= 0.3 is 0 Å². The van der Waals surface area contributed by atoms with Crippen LogP contribution >= 0.6 is 0 Å². The lowest BCUT2D eigenvalue weighted by Gasteiger charge is -2.40. The second-order valence-corrected chi connectivity index (χ2v) is 8.68. The number of likely N-dealkylation sites (tertiary alicyclic amines) is 1. The fourth-order valence-electron chi connectivity index (χ4n) is 4.46. The van der Waals surface area contributed by atoms with Gasteiger partial charge in [0.2, 0.25) is 0 Å². The highest BCUT2D eigenvalue weighted by Crippen LogP contribution is 2.30. The van der Waals surface area contributed by atoms with Crippen molar-refractivity contribution in [3.8, 4) is 11.1 Å². The fourth-order valence-corrected chi connectivity index (χ4v) is 4.46. The molecule has 2 atom stereocenters. The molecule has 1 aliphatic heterocycles. The molecule has 0 radical (unpaired) electrons. The monoisotopic (exact) mass is 417 g/mol. The first-order valence-corrected chi connectivity index (χ1v) is 11.0. The van der Waals surface area contributed by atoms with Crippen LogP contribution in [0.1, 0.15) is 41.4 Å². The summed E-state index contributed by atoms with van der Waals surface area (Å²) >= 11 is 0. The van der Waals surface area contributed by atoms with E-state index in [-0.39, 0.29) is 11.9 Å². The molecule has 0 spiro atoms. The zero-order valence-electron chi connectivity index (χ0n) is 18.8. The molecule has 6 heteroatoms. The molecule has 1 aliphatic rings. The van der Waals surface area contributed by atoms with Crippen molar-refractivity contribution >= 4 is 11.7 Å². The van der Waals surface area contributed by atoms with E-state index in [2.05, 4.69) is 33.3 Å². The van der Waals surface area contributed by atoms with Gasteiger partial charge in [0.1, 0.15) is 5.82 Å². The van der Waals surface area contributed by atoms with Crippen LogP contribution in [0.3, 0.4) is 0 Å². The molecule has 3 aromatic rings. The Morgan fingerprint density at radius 3 is 2.81 bits per heavy atom. The molecule has 1 amide bonds. The normalized spacial score (nSPS) is 18.8. The minimum Gasteiger partial charge on any atom is -0.368 e. The van der Waals surface area contributed by atoms with E-state index >= 15 is 0 Å². The topological polar surface area (TPSA) is 63.1 Å². The number of aromatic nitrogens is 3. The van der Waals surface area contributed by atoms with Gasteiger partial charge in [-0.05, 0) is 56.4 Å².